The zero-order chi connectivity index (χ0) is 14.0. The molecule has 110 valence electrons. The summed E-state index contributed by atoms with van der Waals surface area (Å²) in [5, 5.41) is 7.92. The molecule has 1 unspecified atom stereocenters. The number of piperidine rings is 1. The average molecular weight is 290 g/mol. The van der Waals surface area contributed by atoms with E-state index in [0.29, 0.717) is 38.4 Å². The summed E-state index contributed by atoms with van der Waals surface area (Å²) in [6.07, 6.45) is 3.34. The zero-order valence-corrected chi connectivity index (χ0v) is 11.7. The lowest BCUT2D eigenvalue weighted by Crippen LogP contribution is -2.47. The number of amides is 1. The van der Waals surface area contributed by atoms with Crippen LogP contribution >= 0.6 is 0 Å². The normalized spacial score (nSPS) is 24.1. The summed E-state index contributed by atoms with van der Waals surface area (Å²) in [6.45, 7) is 1.14. The molecule has 1 aliphatic carbocycles. The van der Waals surface area contributed by atoms with Gasteiger partial charge in [0.15, 0.2) is 0 Å². The van der Waals surface area contributed by atoms with Crippen molar-refractivity contribution in [3.8, 4) is 0 Å². The highest BCUT2D eigenvalue weighted by atomic mass is 32.2. The van der Waals surface area contributed by atoms with Crippen LogP contribution in [0, 0.1) is 11.8 Å². The van der Waals surface area contributed by atoms with Gasteiger partial charge in [-0.1, -0.05) is 0 Å². The summed E-state index contributed by atoms with van der Waals surface area (Å²) < 4.78 is 23.5. The Morgan fingerprint density at radius 2 is 1.84 bits per heavy atom. The van der Waals surface area contributed by atoms with Crippen molar-refractivity contribution in [1.29, 1.82) is 0 Å². The maximum Gasteiger partial charge on any atom is 0.276 e. The van der Waals surface area contributed by atoms with Crippen LogP contribution in [-0.2, 0) is 15.0 Å². The number of carbonyl (C=O) groups excluding carboxylic acids is 1. The third kappa shape index (κ3) is 4.13. The van der Waals surface area contributed by atoms with E-state index in [1.807, 2.05) is 0 Å². The van der Waals surface area contributed by atoms with Gasteiger partial charge in [0, 0.05) is 31.6 Å². The number of hydrogen-bond donors (Lipinski definition) is 3. The first-order valence-corrected chi connectivity index (χ1v) is 8.19. The van der Waals surface area contributed by atoms with Crippen LogP contribution in [0.4, 0.5) is 0 Å². The number of hydrogen-bond acceptors (Lipinski definition) is 4. The molecule has 1 heterocycles. The quantitative estimate of drug-likeness (QED) is 0.586. The molecule has 2 rings (SSSR count). The molecule has 8 heteroatoms. The zero-order valence-electron chi connectivity index (χ0n) is 10.9. The average Bonchev–Trinajstić information content (AvgIpc) is 3.19. The van der Waals surface area contributed by atoms with Gasteiger partial charge in [0.25, 0.3) is 10.2 Å². The molecule has 0 aromatic rings. The Labute approximate surface area is 113 Å². The Balaban J connectivity index is 1.72. The molecule has 2 aliphatic rings. The standard InChI is InChI=1S/C11H22N4O3S/c12-10(8-1-2-8)7-14-11(16)9-3-5-15(6-4-9)19(13,17)18/h8-10H,1-7,12H2,(H,14,16)(H2,13,17,18). The van der Waals surface area contributed by atoms with Gasteiger partial charge in [-0.05, 0) is 31.6 Å². The molecule has 0 radical (unpaired) electrons. The Morgan fingerprint density at radius 1 is 1.26 bits per heavy atom. The van der Waals surface area contributed by atoms with Gasteiger partial charge >= 0.3 is 0 Å². The molecular weight excluding hydrogens is 268 g/mol. The summed E-state index contributed by atoms with van der Waals surface area (Å²) in [5.74, 6) is 0.402. The van der Waals surface area contributed by atoms with Crippen molar-refractivity contribution in [1.82, 2.24) is 9.62 Å². The Bertz CT molecular complexity index is 427. The molecule has 0 aromatic heterocycles. The van der Waals surface area contributed by atoms with Crippen LogP contribution in [0.3, 0.4) is 0 Å². The van der Waals surface area contributed by atoms with E-state index in [0.717, 1.165) is 12.8 Å². The second-order valence-corrected chi connectivity index (χ2v) is 7.01. The first kappa shape index (κ1) is 14.7. The van der Waals surface area contributed by atoms with Crippen LogP contribution in [0.15, 0.2) is 0 Å². The molecule has 0 aromatic carbocycles. The van der Waals surface area contributed by atoms with Crippen molar-refractivity contribution in [3.05, 3.63) is 0 Å². The maximum atomic E-state index is 11.9. The SMILES string of the molecule is NC(CNC(=O)C1CCN(S(N)(=O)=O)CC1)C1CC1. The predicted octanol–water partition coefficient (Wildman–Crippen LogP) is -1.24. The lowest BCUT2D eigenvalue weighted by molar-refractivity contribution is -0.126. The topological polar surface area (TPSA) is 119 Å². The number of nitrogens with two attached hydrogens (primary N) is 2. The van der Waals surface area contributed by atoms with E-state index in [1.54, 1.807) is 0 Å². The van der Waals surface area contributed by atoms with E-state index in [1.165, 1.54) is 4.31 Å². The highest BCUT2D eigenvalue weighted by Gasteiger charge is 2.31. The molecule has 0 bridgehead atoms. The summed E-state index contributed by atoms with van der Waals surface area (Å²) >= 11 is 0. The van der Waals surface area contributed by atoms with Crippen molar-refractivity contribution in [3.63, 3.8) is 0 Å². The van der Waals surface area contributed by atoms with Crippen molar-refractivity contribution >= 4 is 16.1 Å². The van der Waals surface area contributed by atoms with Gasteiger partial charge < -0.3 is 11.1 Å². The van der Waals surface area contributed by atoms with Gasteiger partial charge in [-0.3, -0.25) is 4.79 Å². The Morgan fingerprint density at radius 3 is 2.32 bits per heavy atom. The third-order valence-electron chi connectivity index (χ3n) is 3.92. The van der Waals surface area contributed by atoms with E-state index in [9.17, 15) is 13.2 Å². The molecule has 2 fully saturated rings. The third-order valence-corrected chi connectivity index (χ3v) is 5.01. The highest BCUT2D eigenvalue weighted by molar-refractivity contribution is 7.86. The van der Waals surface area contributed by atoms with Gasteiger partial charge in [-0.2, -0.15) is 12.7 Å². The van der Waals surface area contributed by atoms with Gasteiger partial charge in [0.2, 0.25) is 5.91 Å². The smallest absolute Gasteiger partial charge is 0.276 e. The fourth-order valence-corrected chi connectivity index (χ4v) is 3.15. The van der Waals surface area contributed by atoms with Crippen LogP contribution in [0.2, 0.25) is 0 Å². The summed E-state index contributed by atoms with van der Waals surface area (Å²) in [5.41, 5.74) is 5.92. The van der Waals surface area contributed by atoms with Gasteiger partial charge in [-0.25, -0.2) is 5.14 Å². The minimum absolute atomic E-state index is 0.0230. The summed E-state index contributed by atoms with van der Waals surface area (Å²) in [6, 6.07) is 0.0495. The van der Waals surface area contributed by atoms with Crippen LogP contribution in [0.5, 0.6) is 0 Å². The Hall–Kier alpha value is -0.700. The molecule has 1 saturated heterocycles. The fraction of sp³-hybridized carbons (Fsp3) is 0.909. The minimum atomic E-state index is -3.62. The number of rotatable bonds is 5. The molecule has 1 amide bonds. The van der Waals surface area contributed by atoms with E-state index in [4.69, 9.17) is 10.9 Å². The Kier molecular flexibility index (Phi) is 4.44. The molecule has 0 spiro atoms. The second-order valence-electron chi connectivity index (χ2n) is 5.46. The lowest BCUT2D eigenvalue weighted by atomic mass is 9.97. The van der Waals surface area contributed by atoms with E-state index < -0.39 is 10.2 Å². The monoisotopic (exact) mass is 290 g/mol. The first-order chi connectivity index (χ1) is 8.88. The van der Waals surface area contributed by atoms with Crippen molar-refractivity contribution in [2.45, 2.75) is 31.7 Å². The summed E-state index contributed by atoms with van der Waals surface area (Å²) in [4.78, 5) is 11.9. The molecular formula is C11H22N4O3S. The number of carbonyl (C=O) groups is 1. The first-order valence-electron chi connectivity index (χ1n) is 6.69. The molecule has 1 saturated carbocycles. The highest BCUT2D eigenvalue weighted by Crippen LogP contribution is 2.31. The lowest BCUT2D eigenvalue weighted by Gasteiger charge is -2.29. The van der Waals surface area contributed by atoms with Crippen molar-refractivity contribution in [2.75, 3.05) is 19.6 Å². The largest absolute Gasteiger partial charge is 0.354 e. The molecule has 19 heavy (non-hydrogen) atoms. The van der Waals surface area contributed by atoms with Crippen molar-refractivity contribution < 1.29 is 13.2 Å². The van der Waals surface area contributed by atoms with E-state index in [-0.39, 0.29) is 17.9 Å². The van der Waals surface area contributed by atoms with Gasteiger partial charge in [0.05, 0.1) is 0 Å². The van der Waals surface area contributed by atoms with Crippen LogP contribution < -0.4 is 16.2 Å². The van der Waals surface area contributed by atoms with Crippen LogP contribution in [-0.4, -0.2) is 44.3 Å². The molecule has 5 N–H and O–H groups in total. The second kappa shape index (κ2) is 5.74. The predicted molar refractivity (Wildman–Crippen MR) is 71.1 cm³/mol. The van der Waals surface area contributed by atoms with Crippen LogP contribution in [0.25, 0.3) is 0 Å². The van der Waals surface area contributed by atoms with Crippen LogP contribution in [0.1, 0.15) is 25.7 Å². The molecule has 1 aliphatic heterocycles. The van der Waals surface area contributed by atoms with E-state index >= 15 is 0 Å². The fourth-order valence-electron chi connectivity index (χ4n) is 2.43. The molecule has 1 atom stereocenters. The van der Waals surface area contributed by atoms with E-state index in [2.05, 4.69) is 5.32 Å². The number of nitrogens with one attached hydrogen (secondary N) is 1. The van der Waals surface area contributed by atoms with Gasteiger partial charge in [0.1, 0.15) is 0 Å². The molecule has 7 nitrogen and oxygen atoms in total. The van der Waals surface area contributed by atoms with Crippen molar-refractivity contribution in [2.24, 2.45) is 22.7 Å². The number of nitrogens with zero attached hydrogens (tertiary/aromatic N) is 1. The summed E-state index contributed by atoms with van der Waals surface area (Å²) in [7, 11) is -3.62. The minimum Gasteiger partial charge on any atom is -0.354 e. The van der Waals surface area contributed by atoms with Gasteiger partial charge in [-0.15, -0.1) is 0 Å². The maximum absolute atomic E-state index is 11.9.